The summed E-state index contributed by atoms with van der Waals surface area (Å²) >= 11 is 2.00. The van der Waals surface area contributed by atoms with Crippen LogP contribution < -0.4 is 5.32 Å². The zero-order valence-electron chi connectivity index (χ0n) is 8.77. The minimum Gasteiger partial charge on any atom is -0.507 e. The number of aromatic amines is 1. The summed E-state index contributed by atoms with van der Waals surface area (Å²) < 4.78 is 0.715. The molecule has 6 heteroatoms. The number of nitrogens with zero attached hydrogens (tertiary/aromatic N) is 1. The number of halogens is 1. The number of carbonyl (C=O) groups excluding carboxylic acids is 1. The van der Waals surface area contributed by atoms with Crippen LogP contribution in [0.2, 0.25) is 0 Å². The van der Waals surface area contributed by atoms with Gasteiger partial charge in [-0.1, -0.05) is 0 Å². The van der Waals surface area contributed by atoms with Gasteiger partial charge in [-0.15, -0.1) is 0 Å². The zero-order valence-corrected chi connectivity index (χ0v) is 10.9. The number of hydrogen-bond acceptors (Lipinski definition) is 3. The molecule has 0 saturated heterocycles. The lowest BCUT2D eigenvalue weighted by molar-refractivity contribution is 0.0950. The predicted octanol–water partition coefficient (Wildman–Crippen LogP) is 1.65. The Labute approximate surface area is 111 Å². The van der Waals surface area contributed by atoms with E-state index in [0.29, 0.717) is 15.7 Å². The number of amides is 1. The van der Waals surface area contributed by atoms with Gasteiger partial charge in [0.25, 0.3) is 5.91 Å². The van der Waals surface area contributed by atoms with E-state index < -0.39 is 0 Å². The lowest BCUT2D eigenvalue weighted by Crippen LogP contribution is -2.22. The molecular formula is C11H10IN3O2. The van der Waals surface area contributed by atoms with Crippen LogP contribution in [-0.2, 0) is 6.54 Å². The van der Waals surface area contributed by atoms with Crippen molar-refractivity contribution in [3.63, 3.8) is 0 Å². The molecule has 0 spiro atoms. The lowest BCUT2D eigenvalue weighted by Gasteiger charge is -2.04. The van der Waals surface area contributed by atoms with Crippen LogP contribution in [-0.4, -0.2) is 21.0 Å². The predicted molar refractivity (Wildman–Crippen MR) is 70.6 cm³/mol. The maximum Gasteiger partial charge on any atom is 0.251 e. The molecule has 1 amide bonds. The highest BCUT2D eigenvalue weighted by atomic mass is 127. The van der Waals surface area contributed by atoms with Gasteiger partial charge in [0, 0.05) is 11.8 Å². The molecule has 88 valence electrons. The number of carbonyl (C=O) groups is 1. The van der Waals surface area contributed by atoms with E-state index in [0.717, 1.165) is 5.69 Å². The molecule has 0 saturated carbocycles. The third-order valence-electron chi connectivity index (χ3n) is 2.20. The van der Waals surface area contributed by atoms with Crippen molar-refractivity contribution in [3.05, 3.63) is 45.6 Å². The van der Waals surface area contributed by atoms with E-state index in [1.165, 1.54) is 6.07 Å². The highest BCUT2D eigenvalue weighted by Crippen LogP contribution is 2.20. The highest BCUT2D eigenvalue weighted by Gasteiger charge is 2.08. The van der Waals surface area contributed by atoms with Gasteiger partial charge in [0.1, 0.15) is 5.75 Å². The van der Waals surface area contributed by atoms with E-state index in [2.05, 4.69) is 15.3 Å². The summed E-state index contributed by atoms with van der Waals surface area (Å²) in [6.45, 7) is 0.381. The molecule has 2 aromatic rings. The van der Waals surface area contributed by atoms with Crippen molar-refractivity contribution >= 4 is 28.5 Å². The maximum atomic E-state index is 11.7. The van der Waals surface area contributed by atoms with Gasteiger partial charge in [-0.05, 0) is 40.8 Å². The van der Waals surface area contributed by atoms with Crippen molar-refractivity contribution in [2.75, 3.05) is 0 Å². The van der Waals surface area contributed by atoms with Crippen LogP contribution in [0.4, 0.5) is 0 Å². The molecule has 5 nitrogen and oxygen atoms in total. The molecule has 2 rings (SSSR count). The molecular weight excluding hydrogens is 333 g/mol. The van der Waals surface area contributed by atoms with E-state index in [9.17, 15) is 9.90 Å². The fourth-order valence-corrected chi connectivity index (χ4v) is 1.65. The maximum absolute atomic E-state index is 11.7. The average molecular weight is 343 g/mol. The number of hydrogen-bond donors (Lipinski definition) is 3. The first kappa shape index (κ1) is 11.9. The van der Waals surface area contributed by atoms with Gasteiger partial charge in [-0.25, -0.2) is 4.98 Å². The van der Waals surface area contributed by atoms with Crippen LogP contribution in [0, 0.1) is 3.57 Å². The number of imidazole rings is 1. The topological polar surface area (TPSA) is 78.0 Å². The summed E-state index contributed by atoms with van der Waals surface area (Å²) in [4.78, 5) is 18.5. The Bertz CT molecular complexity index is 526. The Kier molecular flexibility index (Phi) is 3.62. The average Bonchev–Trinajstić information content (AvgIpc) is 2.82. The molecule has 0 fully saturated rings. The van der Waals surface area contributed by atoms with Gasteiger partial charge >= 0.3 is 0 Å². The highest BCUT2D eigenvalue weighted by molar-refractivity contribution is 14.1. The Morgan fingerprint density at radius 2 is 2.35 bits per heavy atom. The van der Waals surface area contributed by atoms with Gasteiger partial charge < -0.3 is 15.4 Å². The minimum absolute atomic E-state index is 0.111. The summed E-state index contributed by atoms with van der Waals surface area (Å²) in [5.41, 5.74) is 1.26. The number of H-pyrrole nitrogens is 1. The van der Waals surface area contributed by atoms with Crippen LogP contribution in [0.25, 0.3) is 0 Å². The first-order valence-corrected chi connectivity index (χ1v) is 5.98. The van der Waals surface area contributed by atoms with Crippen molar-refractivity contribution in [2.24, 2.45) is 0 Å². The van der Waals surface area contributed by atoms with E-state index in [1.807, 2.05) is 22.6 Å². The summed E-state index contributed by atoms with van der Waals surface area (Å²) in [5.74, 6) is -0.119. The molecule has 0 aliphatic rings. The number of rotatable bonds is 3. The Morgan fingerprint density at radius 1 is 1.53 bits per heavy atom. The summed E-state index contributed by atoms with van der Waals surface area (Å²) in [7, 11) is 0. The van der Waals surface area contributed by atoms with E-state index in [4.69, 9.17) is 0 Å². The molecule has 0 aliphatic heterocycles. The largest absolute Gasteiger partial charge is 0.507 e. The van der Waals surface area contributed by atoms with Crippen LogP contribution in [0.3, 0.4) is 0 Å². The van der Waals surface area contributed by atoms with E-state index in [1.54, 1.807) is 24.7 Å². The third-order valence-corrected chi connectivity index (χ3v) is 3.11. The first-order chi connectivity index (χ1) is 8.16. The Balaban J connectivity index is 2.02. The van der Waals surface area contributed by atoms with Crippen molar-refractivity contribution in [1.29, 1.82) is 0 Å². The van der Waals surface area contributed by atoms with E-state index >= 15 is 0 Å². The number of phenolic OH excluding ortho intramolecular Hbond substituents is 1. The molecule has 3 N–H and O–H groups in total. The molecule has 0 atom stereocenters. The van der Waals surface area contributed by atoms with Gasteiger partial charge in [0.15, 0.2) is 0 Å². The molecule has 0 bridgehead atoms. The summed E-state index contributed by atoms with van der Waals surface area (Å²) in [5, 5.41) is 12.2. The standard InChI is InChI=1S/C11H10IN3O2/c12-9-2-1-7(3-10(9)16)11(17)14-5-8-4-13-6-15-8/h1-4,6,16H,5H2,(H,13,15)(H,14,17). The summed E-state index contributed by atoms with van der Waals surface area (Å²) in [6, 6.07) is 4.81. The molecule has 0 aliphatic carbocycles. The van der Waals surface area contributed by atoms with Crippen molar-refractivity contribution in [3.8, 4) is 5.75 Å². The fourth-order valence-electron chi connectivity index (χ4n) is 1.31. The number of aromatic nitrogens is 2. The van der Waals surface area contributed by atoms with Gasteiger partial charge in [0.2, 0.25) is 0 Å². The van der Waals surface area contributed by atoms with Gasteiger partial charge in [0.05, 0.1) is 22.1 Å². The monoisotopic (exact) mass is 343 g/mol. The number of aromatic hydroxyl groups is 1. The normalized spacial score (nSPS) is 10.2. The molecule has 1 heterocycles. The Morgan fingerprint density at radius 3 is 3.00 bits per heavy atom. The first-order valence-electron chi connectivity index (χ1n) is 4.91. The van der Waals surface area contributed by atoms with Crippen LogP contribution >= 0.6 is 22.6 Å². The van der Waals surface area contributed by atoms with Gasteiger partial charge in [-0.2, -0.15) is 0 Å². The SMILES string of the molecule is O=C(NCc1cnc[nH]1)c1ccc(I)c(O)c1. The molecule has 0 radical (unpaired) electrons. The second kappa shape index (κ2) is 5.17. The zero-order chi connectivity index (χ0) is 12.3. The smallest absolute Gasteiger partial charge is 0.251 e. The lowest BCUT2D eigenvalue weighted by atomic mass is 10.2. The van der Waals surface area contributed by atoms with Crippen molar-refractivity contribution < 1.29 is 9.90 Å². The van der Waals surface area contributed by atoms with Crippen molar-refractivity contribution in [2.45, 2.75) is 6.54 Å². The minimum atomic E-state index is -0.230. The molecule has 1 aromatic carbocycles. The van der Waals surface area contributed by atoms with Crippen LogP contribution in [0.5, 0.6) is 5.75 Å². The summed E-state index contributed by atoms with van der Waals surface area (Å²) in [6.07, 6.45) is 3.20. The fraction of sp³-hybridized carbons (Fsp3) is 0.0909. The quantitative estimate of drug-likeness (QED) is 0.742. The van der Waals surface area contributed by atoms with Crippen molar-refractivity contribution in [1.82, 2.24) is 15.3 Å². The van der Waals surface area contributed by atoms with E-state index in [-0.39, 0.29) is 11.7 Å². The molecule has 0 unspecified atom stereocenters. The number of benzene rings is 1. The van der Waals surface area contributed by atoms with Crippen LogP contribution in [0.1, 0.15) is 16.1 Å². The van der Waals surface area contributed by atoms with Crippen LogP contribution in [0.15, 0.2) is 30.7 Å². The number of nitrogens with one attached hydrogen (secondary N) is 2. The second-order valence-corrected chi connectivity index (χ2v) is 4.59. The van der Waals surface area contributed by atoms with Gasteiger partial charge in [-0.3, -0.25) is 4.79 Å². The molecule has 1 aromatic heterocycles. The number of phenols is 1. The third kappa shape index (κ3) is 2.96. The Hall–Kier alpha value is -1.57. The molecule has 17 heavy (non-hydrogen) atoms. The second-order valence-electron chi connectivity index (χ2n) is 3.43.